The molecular weight excluding hydrogens is 600 g/mol. The summed E-state index contributed by atoms with van der Waals surface area (Å²) in [6.45, 7) is 12.4. The number of hydrogen-bond acceptors (Lipinski definition) is 5. The molecule has 0 aliphatic rings. The Balaban J connectivity index is -0.000000722. The molecule has 48 heavy (non-hydrogen) atoms. The van der Waals surface area contributed by atoms with Crippen LogP contribution in [0, 0.1) is 0 Å². The van der Waals surface area contributed by atoms with Crippen molar-refractivity contribution >= 4 is 17.9 Å². The number of carboxylic acids is 1. The summed E-state index contributed by atoms with van der Waals surface area (Å²) in [5.74, 6) is -1.13. The highest BCUT2D eigenvalue weighted by Crippen LogP contribution is 2.15. The molecule has 0 atom stereocenters. The van der Waals surface area contributed by atoms with Crippen LogP contribution in [0.3, 0.4) is 0 Å². The summed E-state index contributed by atoms with van der Waals surface area (Å²) in [5, 5.41) is 8.52. The van der Waals surface area contributed by atoms with Gasteiger partial charge in [-0.2, -0.15) is 0 Å². The van der Waals surface area contributed by atoms with Crippen LogP contribution < -0.4 is 0 Å². The lowest BCUT2D eigenvalue weighted by Crippen LogP contribution is -1.98. The first-order valence-corrected chi connectivity index (χ1v) is 20.2. The minimum absolute atomic E-state index is 0.148. The number of aliphatic carboxylic acids is 1. The molecule has 6 nitrogen and oxygen atoms in total. The monoisotopic (exact) mass is 681 g/mol. The molecule has 0 spiro atoms. The van der Waals surface area contributed by atoms with Crippen LogP contribution in [0.1, 0.15) is 226 Å². The van der Waals surface area contributed by atoms with Crippen molar-refractivity contribution in [2.45, 2.75) is 226 Å². The molecule has 0 aliphatic carbocycles. The number of unbranched alkanes of at least 4 members (excludes halogenated alkanes) is 28. The molecule has 0 radical (unpaired) electrons. The second-order valence-electron chi connectivity index (χ2n) is 13.2. The van der Waals surface area contributed by atoms with E-state index in [9.17, 15) is 14.4 Å². The van der Waals surface area contributed by atoms with Gasteiger partial charge >= 0.3 is 17.9 Å². The summed E-state index contributed by atoms with van der Waals surface area (Å²) < 4.78 is 8.85. The first-order valence-electron chi connectivity index (χ1n) is 20.2. The Morgan fingerprint density at radius 1 is 0.438 bits per heavy atom. The summed E-state index contributed by atoms with van der Waals surface area (Å²) in [7, 11) is 0. The third-order valence-corrected chi connectivity index (χ3v) is 8.44. The Bertz CT molecular complexity index is 690. The topological polar surface area (TPSA) is 89.9 Å². The lowest BCUT2D eigenvalue weighted by atomic mass is 10.0. The fraction of sp³-hybridized carbons (Fsp3) is 0.833. The van der Waals surface area contributed by atoms with E-state index >= 15 is 0 Å². The predicted molar refractivity (Wildman–Crippen MR) is 205 cm³/mol. The lowest BCUT2D eigenvalue weighted by molar-refractivity contribution is -0.138. The Morgan fingerprint density at radius 2 is 0.688 bits per heavy atom. The van der Waals surface area contributed by atoms with Crippen LogP contribution in [-0.4, -0.2) is 23.0 Å². The Kier molecular flexibility index (Phi) is 49.2. The molecular formula is C42H80O6. The molecule has 1 N–H and O–H groups in total. The van der Waals surface area contributed by atoms with Crippen molar-refractivity contribution in [1.29, 1.82) is 0 Å². The van der Waals surface area contributed by atoms with Gasteiger partial charge in [-0.05, 0) is 12.8 Å². The first-order chi connectivity index (χ1) is 23.3. The number of hydrogen-bond donors (Lipinski definition) is 1. The third-order valence-electron chi connectivity index (χ3n) is 8.44. The van der Waals surface area contributed by atoms with Gasteiger partial charge in [-0.3, -0.25) is 14.4 Å². The Hall–Kier alpha value is -2.11. The molecule has 0 bridgehead atoms. The number of esters is 2. The van der Waals surface area contributed by atoms with Gasteiger partial charge in [0.25, 0.3) is 0 Å². The van der Waals surface area contributed by atoms with Crippen LogP contribution in [0.4, 0.5) is 0 Å². The summed E-state index contributed by atoms with van der Waals surface area (Å²) in [4.78, 5) is 31.2. The summed E-state index contributed by atoms with van der Waals surface area (Å²) in [6.07, 6.45) is 43.2. The van der Waals surface area contributed by atoms with E-state index in [0.29, 0.717) is 12.8 Å². The number of ether oxygens (including phenoxy) is 2. The highest BCUT2D eigenvalue weighted by atomic mass is 16.5. The van der Waals surface area contributed by atoms with E-state index in [-0.39, 0.29) is 11.9 Å². The van der Waals surface area contributed by atoms with Crippen LogP contribution in [0.15, 0.2) is 25.7 Å². The molecule has 0 aromatic heterocycles. The smallest absolute Gasteiger partial charge is 0.310 e. The molecule has 284 valence electrons. The van der Waals surface area contributed by atoms with Gasteiger partial charge in [0.05, 0.1) is 12.5 Å². The minimum Gasteiger partial charge on any atom is -0.481 e. The maximum atomic E-state index is 11.1. The van der Waals surface area contributed by atoms with Gasteiger partial charge in [0.15, 0.2) is 0 Å². The number of carboxylic acid groups (broad SMARTS) is 1. The lowest BCUT2D eigenvalue weighted by Gasteiger charge is -2.03. The molecule has 0 rings (SSSR count). The van der Waals surface area contributed by atoms with Gasteiger partial charge in [0.2, 0.25) is 0 Å². The van der Waals surface area contributed by atoms with E-state index in [1.54, 1.807) is 0 Å². The highest BCUT2D eigenvalue weighted by molar-refractivity contribution is 5.69. The molecule has 0 saturated carbocycles. The molecule has 6 heteroatoms. The molecule has 0 aromatic carbocycles. The Morgan fingerprint density at radius 3 is 0.896 bits per heavy atom. The van der Waals surface area contributed by atoms with Crippen LogP contribution in [0.25, 0.3) is 0 Å². The molecule has 0 unspecified atom stereocenters. The van der Waals surface area contributed by atoms with Crippen LogP contribution in [0.5, 0.6) is 0 Å². The summed E-state index contributed by atoms with van der Waals surface area (Å²) in [5.41, 5.74) is 0. The minimum atomic E-state index is -0.653. The van der Waals surface area contributed by atoms with Gasteiger partial charge in [0.1, 0.15) is 0 Å². The first kappa shape index (κ1) is 50.3. The second kappa shape index (κ2) is 47.0. The normalized spacial score (nSPS) is 10.2. The van der Waals surface area contributed by atoms with Gasteiger partial charge < -0.3 is 14.6 Å². The van der Waals surface area contributed by atoms with Crippen molar-refractivity contribution in [3.63, 3.8) is 0 Å². The largest absolute Gasteiger partial charge is 0.481 e. The summed E-state index contributed by atoms with van der Waals surface area (Å²) >= 11 is 0. The second-order valence-corrected chi connectivity index (χ2v) is 13.2. The van der Waals surface area contributed by atoms with Gasteiger partial charge in [-0.1, -0.05) is 207 Å². The van der Waals surface area contributed by atoms with E-state index in [2.05, 4.69) is 36.5 Å². The zero-order valence-corrected chi connectivity index (χ0v) is 32.2. The third kappa shape index (κ3) is 56.2. The maximum absolute atomic E-state index is 11.1. The van der Waals surface area contributed by atoms with E-state index in [1.165, 1.54) is 180 Å². The van der Waals surface area contributed by atoms with E-state index < -0.39 is 5.97 Å². The standard InChI is InChI=1S/C20H38O2.C18H36O2.C4H6O2/c1-3-5-6-7-8-9-10-11-12-13-14-15-16-17-18-19-20(21)22-4-2;1-2-3-4-5-6-7-8-9-10-11-12-13-14-15-16-17-18(19)20;1-3-6-4(2)5/h4H,2-3,5-19H2,1H3;2-17H2,1H3,(H,19,20);3H,1H2,2H3. The van der Waals surface area contributed by atoms with Gasteiger partial charge in [-0.25, -0.2) is 0 Å². The predicted octanol–water partition coefficient (Wildman–Crippen LogP) is 14.0. The fourth-order valence-electron chi connectivity index (χ4n) is 5.56. The van der Waals surface area contributed by atoms with E-state index in [1.807, 2.05) is 0 Å². The molecule has 0 heterocycles. The Labute approximate surface area is 298 Å². The van der Waals surface area contributed by atoms with Crippen molar-refractivity contribution in [2.24, 2.45) is 0 Å². The number of rotatable bonds is 34. The van der Waals surface area contributed by atoms with Crippen LogP contribution in [0.2, 0.25) is 0 Å². The van der Waals surface area contributed by atoms with Gasteiger partial charge in [0, 0.05) is 19.8 Å². The number of carbonyl (C=O) groups excluding carboxylic acids is 2. The van der Waals surface area contributed by atoms with Crippen LogP contribution in [-0.2, 0) is 23.9 Å². The van der Waals surface area contributed by atoms with Crippen LogP contribution >= 0.6 is 0 Å². The number of carbonyl (C=O) groups is 3. The molecule has 0 amide bonds. The fourth-order valence-corrected chi connectivity index (χ4v) is 5.56. The van der Waals surface area contributed by atoms with Crippen molar-refractivity contribution in [1.82, 2.24) is 0 Å². The van der Waals surface area contributed by atoms with E-state index in [0.717, 1.165) is 31.9 Å². The molecule has 0 saturated heterocycles. The average Bonchev–Trinajstić information content (AvgIpc) is 3.05. The zero-order valence-electron chi connectivity index (χ0n) is 32.2. The SMILES string of the molecule is C=COC(=O)CCCCCCCCCCCCCCCCC.C=COC(C)=O.CCCCCCCCCCCCCCCCCC(=O)O. The molecule has 0 aliphatic heterocycles. The summed E-state index contributed by atoms with van der Waals surface area (Å²) in [6, 6.07) is 0. The van der Waals surface area contributed by atoms with Crippen molar-refractivity contribution in [3.8, 4) is 0 Å². The van der Waals surface area contributed by atoms with Crippen molar-refractivity contribution in [2.75, 3.05) is 0 Å². The van der Waals surface area contributed by atoms with Crippen molar-refractivity contribution in [3.05, 3.63) is 25.7 Å². The maximum Gasteiger partial charge on any atom is 0.310 e. The zero-order chi connectivity index (χ0) is 36.2. The molecule has 0 aromatic rings. The van der Waals surface area contributed by atoms with Crippen molar-refractivity contribution < 1.29 is 29.0 Å². The van der Waals surface area contributed by atoms with E-state index in [4.69, 9.17) is 5.11 Å². The highest BCUT2D eigenvalue weighted by Gasteiger charge is 2.00. The molecule has 0 fully saturated rings. The van der Waals surface area contributed by atoms with Gasteiger partial charge in [-0.15, -0.1) is 0 Å². The average molecular weight is 681 g/mol. The quantitative estimate of drug-likeness (QED) is 0.0413.